The molecule has 2 atom stereocenters. The van der Waals surface area contributed by atoms with Gasteiger partial charge in [0.1, 0.15) is 17.6 Å². The second-order valence-electron chi connectivity index (χ2n) is 9.76. The minimum Gasteiger partial charge on any atom is -0.497 e. The summed E-state index contributed by atoms with van der Waals surface area (Å²) < 4.78 is 10.9. The maximum Gasteiger partial charge on any atom is 0.220 e. The molecule has 2 aromatic carbocycles. The summed E-state index contributed by atoms with van der Waals surface area (Å²) in [5, 5.41) is 14.2. The largest absolute Gasteiger partial charge is 0.497 e. The molecule has 202 valence electrons. The number of rotatable bonds is 16. The van der Waals surface area contributed by atoms with Crippen molar-refractivity contribution in [3.05, 3.63) is 59.7 Å². The van der Waals surface area contributed by atoms with Gasteiger partial charge in [0.2, 0.25) is 5.91 Å². The Morgan fingerprint density at radius 2 is 1.59 bits per heavy atom. The van der Waals surface area contributed by atoms with E-state index in [1.165, 1.54) is 0 Å². The van der Waals surface area contributed by atoms with Crippen molar-refractivity contribution in [3.63, 3.8) is 0 Å². The predicted molar refractivity (Wildman–Crippen MR) is 145 cm³/mol. The number of Topliss-reactive ketones (excluding diaryl/α,β-unsaturated/α-hetero) is 1. The van der Waals surface area contributed by atoms with E-state index in [-0.39, 0.29) is 11.7 Å². The number of unbranched alkanes of at least 4 members (excludes halogenated alkanes) is 2. The minimum atomic E-state index is -0.814. The third kappa shape index (κ3) is 9.48. The van der Waals surface area contributed by atoms with Gasteiger partial charge in [0.05, 0.1) is 19.8 Å². The molecular weight excluding hydrogens is 468 g/mol. The average Bonchev–Trinajstić information content (AvgIpc) is 3.44. The second kappa shape index (κ2) is 15.4. The number of ketones is 1. The lowest BCUT2D eigenvalue weighted by Crippen LogP contribution is -2.46. The zero-order chi connectivity index (χ0) is 26.5. The number of ether oxygens (including phenoxy) is 2. The van der Waals surface area contributed by atoms with Gasteiger partial charge in [0.15, 0.2) is 5.78 Å². The molecule has 2 N–H and O–H groups in total. The van der Waals surface area contributed by atoms with Crippen LogP contribution in [0.15, 0.2) is 48.5 Å². The van der Waals surface area contributed by atoms with E-state index in [1.807, 2.05) is 24.3 Å². The Morgan fingerprint density at radius 1 is 0.946 bits per heavy atom. The molecule has 2 aromatic rings. The van der Waals surface area contributed by atoms with Crippen LogP contribution in [0.2, 0.25) is 0 Å². The highest BCUT2D eigenvalue weighted by Gasteiger charge is 2.26. The number of likely N-dealkylation sites (tertiary alicyclic amines) is 1. The monoisotopic (exact) mass is 510 g/mol. The Labute approximate surface area is 221 Å². The Kier molecular flexibility index (Phi) is 11.9. The van der Waals surface area contributed by atoms with Gasteiger partial charge in [0, 0.05) is 24.9 Å². The summed E-state index contributed by atoms with van der Waals surface area (Å²) in [5.41, 5.74) is 1.42. The van der Waals surface area contributed by atoms with E-state index in [4.69, 9.17) is 9.47 Å². The summed E-state index contributed by atoms with van der Waals surface area (Å²) >= 11 is 0. The number of carbonyl (C=O) groups is 2. The lowest BCUT2D eigenvalue weighted by molar-refractivity contribution is -0.123. The van der Waals surface area contributed by atoms with Gasteiger partial charge in [0.25, 0.3) is 0 Å². The molecule has 1 heterocycles. The van der Waals surface area contributed by atoms with Gasteiger partial charge in [-0.2, -0.15) is 0 Å². The number of amides is 1. The van der Waals surface area contributed by atoms with E-state index in [2.05, 4.69) is 17.1 Å². The summed E-state index contributed by atoms with van der Waals surface area (Å²) in [4.78, 5) is 27.5. The van der Waals surface area contributed by atoms with Crippen molar-refractivity contribution in [3.8, 4) is 11.5 Å². The van der Waals surface area contributed by atoms with Crippen LogP contribution in [0.1, 0.15) is 80.3 Å². The molecule has 0 aromatic heterocycles. The Balaban J connectivity index is 1.49. The number of nitrogens with one attached hydrogen (secondary N) is 1. The zero-order valence-electron chi connectivity index (χ0n) is 22.3. The maximum absolute atomic E-state index is 12.8. The number of aliphatic hydroxyl groups is 1. The van der Waals surface area contributed by atoms with Crippen molar-refractivity contribution in [1.82, 2.24) is 10.2 Å². The number of aliphatic hydroxyl groups excluding tert-OH is 1. The molecule has 1 aliphatic rings. The van der Waals surface area contributed by atoms with Crippen molar-refractivity contribution in [2.45, 2.75) is 70.4 Å². The molecule has 1 fully saturated rings. The molecule has 1 amide bonds. The first-order valence-corrected chi connectivity index (χ1v) is 13.6. The van der Waals surface area contributed by atoms with E-state index in [0.717, 1.165) is 55.8 Å². The van der Waals surface area contributed by atoms with Crippen LogP contribution in [0.4, 0.5) is 0 Å². The van der Waals surface area contributed by atoms with Crippen LogP contribution in [-0.4, -0.2) is 61.1 Å². The first kappa shape index (κ1) is 28.7. The fourth-order valence-electron chi connectivity index (χ4n) is 4.57. The van der Waals surface area contributed by atoms with Crippen LogP contribution in [0.5, 0.6) is 11.5 Å². The molecule has 3 rings (SSSR count). The van der Waals surface area contributed by atoms with Crippen LogP contribution >= 0.6 is 0 Å². The topological polar surface area (TPSA) is 88.1 Å². The molecule has 37 heavy (non-hydrogen) atoms. The van der Waals surface area contributed by atoms with E-state index < -0.39 is 12.1 Å². The summed E-state index contributed by atoms with van der Waals surface area (Å²) in [6.07, 6.45) is 5.52. The number of hydrogen-bond acceptors (Lipinski definition) is 6. The van der Waals surface area contributed by atoms with Gasteiger partial charge in [-0.3, -0.25) is 9.59 Å². The Hall–Kier alpha value is -2.90. The normalized spacial score (nSPS) is 15.2. The van der Waals surface area contributed by atoms with Crippen LogP contribution < -0.4 is 14.8 Å². The summed E-state index contributed by atoms with van der Waals surface area (Å²) in [6, 6.07) is 14.2. The summed E-state index contributed by atoms with van der Waals surface area (Å²) in [5.74, 6) is 1.47. The lowest BCUT2D eigenvalue weighted by Gasteiger charge is -2.29. The van der Waals surface area contributed by atoms with Gasteiger partial charge < -0.3 is 24.8 Å². The minimum absolute atomic E-state index is 0.0625. The lowest BCUT2D eigenvalue weighted by atomic mass is 10.0. The standard InChI is InChI=1S/C30H42N2O5/c1-3-4-21-37-26-17-13-24(14-18-26)30(35)27(22-32-19-7-8-20-32)31-29(34)10-6-5-9-28(33)23-11-15-25(36-2)16-12-23/h11-18,27,30,35H,3-10,19-22H2,1-2H3,(H,31,34)/t27-,30-/m1/s1. The maximum atomic E-state index is 12.8. The molecule has 0 aliphatic carbocycles. The number of hydrogen-bond donors (Lipinski definition) is 2. The molecule has 1 saturated heterocycles. The molecule has 0 unspecified atom stereocenters. The smallest absolute Gasteiger partial charge is 0.220 e. The van der Waals surface area contributed by atoms with Crippen molar-refractivity contribution < 1.29 is 24.2 Å². The molecule has 0 bridgehead atoms. The van der Waals surface area contributed by atoms with Crippen LogP contribution in [-0.2, 0) is 4.79 Å². The molecule has 7 heteroatoms. The number of methoxy groups -OCH3 is 1. The van der Waals surface area contributed by atoms with Crippen molar-refractivity contribution >= 4 is 11.7 Å². The van der Waals surface area contributed by atoms with Crippen LogP contribution in [0.3, 0.4) is 0 Å². The Bertz CT molecular complexity index is 955. The highest BCUT2D eigenvalue weighted by Crippen LogP contribution is 2.23. The molecular formula is C30H42N2O5. The van der Waals surface area contributed by atoms with Gasteiger partial charge in [-0.05, 0) is 87.2 Å². The van der Waals surface area contributed by atoms with Crippen LogP contribution in [0, 0.1) is 0 Å². The highest BCUT2D eigenvalue weighted by atomic mass is 16.5. The molecule has 0 saturated carbocycles. The summed E-state index contributed by atoms with van der Waals surface area (Å²) in [7, 11) is 1.59. The number of benzene rings is 2. The van der Waals surface area contributed by atoms with E-state index >= 15 is 0 Å². The molecule has 0 spiro atoms. The van der Waals surface area contributed by atoms with Gasteiger partial charge >= 0.3 is 0 Å². The molecule has 7 nitrogen and oxygen atoms in total. The molecule has 0 radical (unpaired) electrons. The first-order chi connectivity index (χ1) is 18.0. The first-order valence-electron chi connectivity index (χ1n) is 13.6. The van der Waals surface area contributed by atoms with Crippen LogP contribution in [0.25, 0.3) is 0 Å². The zero-order valence-corrected chi connectivity index (χ0v) is 22.3. The number of carbonyl (C=O) groups excluding carboxylic acids is 2. The van der Waals surface area contributed by atoms with Gasteiger partial charge in [-0.25, -0.2) is 0 Å². The van der Waals surface area contributed by atoms with E-state index in [0.29, 0.717) is 44.4 Å². The van der Waals surface area contributed by atoms with Crippen molar-refractivity contribution in [2.75, 3.05) is 33.4 Å². The predicted octanol–water partition coefficient (Wildman–Crippen LogP) is 4.93. The quantitative estimate of drug-likeness (QED) is 0.246. The third-order valence-electron chi connectivity index (χ3n) is 6.84. The Morgan fingerprint density at radius 3 is 2.24 bits per heavy atom. The highest BCUT2D eigenvalue weighted by molar-refractivity contribution is 5.96. The SMILES string of the molecule is CCCCOc1ccc([C@@H](O)[C@@H](CN2CCCC2)NC(=O)CCCCC(=O)c2ccc(OC)cc2)cc1. The van der Waals surface area contributed by atoms with E-state index in [1.54, 1.807) is 31.4 Å². The van der Waals surface area contributed by atoms with E-state index in [9.17, 15) is 14.7 Å². The van der Waals surface area contributed by atoms with Crippen molar-refractivity contribution in [2.24, 2.45) is 0 Å². The second-order valence-corrected chi connectivity index (χ2v) is 9.76. The average molecular weight is 511 g/mol. The third-order valence-corrected chi connectivity index (χ3v) is 6.84. The van der Waals surface area contributed by atoms with Gasteiger partial charge in [-0.15, -0.1) is 0 Å². The fourth-order valence-corrected chi connectivity index (χ4v) is 4.57. The molecule has 1 aliphatic heterocycles. The number of nitrogens with zero attached hydrogens (tertiary/aromatic N) is 1. The fraction of sp³-hybridized carbons (Fsp3) is 0.533. The van der Waals surface area contributed by atoms with Crippen molar-refractivity contribution in [1.29, 1.82) is 0 Å². The van der Waals surface area contributed by atoms with Gasteiger partial charge in [-0.1, -0.05) is 25.5 Å². The summed E-state index contributed by atoms with van der Waals surface area (Å²) in [6.45, 7) is 5.38.